The fourth-order valence-corrected chi connectivity index (χ4v) is 1.92. The summed E-state index contributed by atoms with van der Waals surface area (Å²) in [5.41, 5.74) is -0.371. The van der Waals surface area contributed by atoms with Crippen LogP contribution >= 0.6 is 23.2 Å². The van der Waals surface area contributed by atoms with Crippen LogP contribution < -0.4 is 10.6 Å². The third kappa shape index (κ3) is 3.57. The van der Waals surface area contributed by atoms with E-state index in [-0.39, 0.29) is 16.0 Å². The first-order valence-electron chi connectivity index (χ1n) is 5.49. The predicted molar refractivity (Wildman–Crippen MR) is 72.8 cm³/mol. The summed E-state index contributed by atoms with van der Waals surface area (Å²) < 4.78 is 13.2. The van der Waals surface area contributed by atoms with Crippen molar-refractivity contribution in [2.75, 3.05) is 11.9 Å². The van der Waals surface area contributed by atoms with Crippen molar-refractivity contribution < 1.29 is 9.18 Å². The van der Waals surface area contributed by atoms with E-state index in [0.717, 1.165) is 0 Å². The Morgan fingerprint density at radius 1 is 1.33 bits per heavy atom. The van der Waals surface area contributed by atoms with E-state index < -0.39 is 11.4 Å². The molecule has 0 atom stereocenters. The maximum Gasteiger partial charge on any atom is 0.244 e. The molecule has 0 bridgehead atoms. The third-order valence-electron chi connectivity index (χ3n) is 2.43. The van der Waals surface area contributed by atoms with Crippen LogP contribution in [0.5, 0.6) is 0 Å². The third-order valence-corrected chi connectivity index (χ3v) is 2.98. The molecule has 0 spiro atoms. The number of carbonyl (C=O) groups excluding carboxylic acids is 1. The van der Waals surface area contributed by atoms with Gasteiger partial charge in [-0.3, -0.25) is 4.79 Å². The molecule has 2 N–H and O–H groups in total. The second-order valence-electron chi connectivity index (χ2n) is 4.36. The summed E-state index contributed by atoms with van der Waals surface area (Å²) in [4.78, 5) is 12.0. The van der Waals surface area contributed by atoms with Gasteiger partial charge in [-0.05, 0) is 32.5 Å². The first-order chi connectivity index (χ1) is 8.27. The average Bonchev–Trinajstić information content (AvgIpc) is 2.25. The zero-order valence-electron chi connectivity index (χ0n) is 10.4. The zero-order valence-corrected chi connectivity index (χ0v) is 11.9. The Hall–Kier alpha value is -0.840. The van der Waals surface area contributed by atoms with Crippen LogP contribution in [-0.4, -0.2) is 18.0 Å². The van der Waals surface area contributed by atoms with Crippen molar-refractivity contribution in [3.63, 3.8) is 0 Å². The number of amides is 1. The van der Waals surface area contributed by atoms with E-state index in [1.807, 2.05) is 6.92 Å². The Kier molecular flexibility index (Phi) is 4.96. The second kappa shape index (κ2) is 5.87. The van der Waals surface area contributed by atoms with Gasteiger partial charge in [-0.1, -0.05) is 30.1 Å². The highest BCUT2D eigenvalue weighted by Gasteiger charge is 2.26. The molecule has 0 aliphatic rings. The van der Waals surface area contributed by atoms with Crippen LogP contribution in [-0.2, 0) is 4.79 Å². The molecule has 0 fully saturated rings. The van der Waals surface area contributed by atoms with Gasteiger partial charge in [-0.15, -0.1) is 0 Å². The van der Waals surface area contributed by atoms with Crippen LogP contribution in [0.3, 0.4) is 0 Å². The molecule has 100 valence electrons. The van der Waals surface area contributed by atoms with E-state index in [2.05, 4.69) is 10.6 Å². The van der Waals surface area contributed by atoms with E-state index >= 15 is 0 Å². The van der Waals surface area contributed by atoms with Crippen molar-refractivity contribution >= 4 is 34.8 Å². The number of anilines is 1. The Bertz CT molecular complexity index is 440. The Labute approximate surface area is 116 Å². The summed E-state index contributed by atoms with van der Waals surface area (Å²) in [6, 6.07) is 2.64. The normalized spacial score (nSPS) is 11.4. The zero-order chi connectivity index (χ0) is 13.9. The van der Waals surface area contributed by atoms with Gasteiger partial charge in [0.2, 0.25) is 5.91 Å². The van der Waals surface area contributed by atoms with Crippen molar-refractivity contribution in [3.8, 4) is 0 Å². The lowest BCUT2D eigenvalue weighted by Gasteiger charge is -2.24. The molecule has 0 saturated carbocycles. The van der Waals surface area contributed by atoms with Crippen LogP contribution in [0.1, 0.15) is 20.8 Å². The molecule has 0 unspecified atom stereocenters. The van der Waals surface area contributed by atoms with E-state index in [9.17, 15) is 9.18 Å². The average molecular weight is 293 g/mol. The minimum absolute atomic E-state index is 0.126. The molecule has 1 amide bonds. The summed E-state index contributed by atoms with van der Waals surface area (Å²) in [6.07, 6.45) is 0. The number of halogens is 3. The van der Waals surface area contributed by atoms with Gasteiger partial charge < -0.3 is 10.6 Å². The lowest BCUT2D eigenvalue weighted by molar-refractivity contribution is -0.121. The molecule has 0 aliphatic heterocycles. The molecule has 0 saturated heterocycles. The monoisotopic (exact) mass is 292 g/mol. The van der Waals surface area contributed by atoms with Gasteiger partial charge in [-0.25, -0.2) is 4.39 Å². The van der Waals surface area contributed by atoms with Crippen LogP contribution in [0.15, 0.2) is 12.1 Å². The summed E-state index contributed by atoms with van der Waals surface area (Å²) >= 11 is 11.3. The number of likely N-dealkylation sites (N-methyl/N-ethyl adjacent to an activating group) is 1. The highest BCUT2D eigenvalue weighted by atomic mass is 35.5. The van der Waals surface area contributed by atoms with Gasteiger partial charge in [0.15, 0.2) is 5.82 Å². The number of nitrogens with one attached hydrogen (secondary N) is 2. The SMILES string of the molecule is CCNC(C)(C)C(=O)Nc1cc(Cl)c(F)c(Cl)c1. The van der Waals surface area contributed by atoms with Gasteiger partial charge in [0.25, 0.3) is 0 Å². The molecular weight excluding hydrogens is 278 g/mol. The molecule has 18 heavy (non-hydrogen) atoms. The number of hydrogen-bond acceptors (Lipinski definition) is 2. The first kappa shape index (κ1) is 15.2. The summed E-state index contributed by atoms with van der Waals surface area (Å²) in [7, 11) is 0. The topological polar surface area (TPSA) is 41.1 Å². The number of rotatable bonds is 4. The van der Waals surface area contributed by atoms with Gasteiger partial charge in [0.1, 0.15) is 0 Å². The van der Waals surface area contributed by atoms with E-state index in [0.29, 0.717) is 12.2 Å². The number of carbonyl (C=O) groups is 1. The molecule has 0 aliphatic carbocycles. The highest BCUT2D eigenvalue weighted by molar-refractivity contribution is 6.35. The van der Waals surface area contributed by atoms with Crippen molar-refractivity contribution in [2.24, 2.45) is 0 Å². The quantitative estimate of drug-likeness (QED) is 0.835. The first-order valence-corrected chi connectivity index (χ1v) is 6.24. The Morgan fingerprint density at radius 3 is 2.28 bits per heavy atom. The molecule has 6 heteroatoms. The van der Waals surface area contributed by atoms with Crippen LogP contribution in [0, 0.1) is 5.82 Å². The Balaban J connectivity index is 2.89. The number of benzene rings is 1. The predicted octanol–water partition coefficient (Wildman–Crippen LogP) is 3.46. The lowest BCUT2D eigenvalue weighted by Crippen LogP contribution is -2.49. The van der Waals surface area contributed by atoms with Crippen molar-refractivity contribution in [1.29, 1.82) is 0 Å². The fourth-order valence-electron chi connectivity index (χ4n) is 1.44. The largest absolute Gasteiger partial charge is 0.324 e. The summed E-state index contributed by atoms with van der Waals surface area (Å²) in [6.45, 7) is 6.06. The number of hydrogen-bond donors (Lipinski definition) is 2. The molecule has 1 aromatic rings. The van der Waals surface area contributed by atoms with Crippen molar-refractivity contribution in [3.05, 3.63) is 28.0 Å². The molecule has 1 rings (SSSR count). The summed E-state index contributed by atoms with van der Waals surface area (Å²) in [5, 5.41) is 5.42. The molecule has 0 aromatic heterocycles. The molecule has 3 nitrogen and oxygen atoms in total. The minimum atomic E-state index is -0.734. The maximum absolute atomic E-state index is 13.2. The van der Waals surface area contributed by atoms with Crippen LogP contribution in [0.2, 0.25) is 10.0 Å². The van der Waals surface area contributed by atoms with Crippen LogP contribution in [0.4, 0.5) is 10.1 Å². The highest BCUT2D eigenvalue weighted by Crippen LogP contribution is 2.27. The summed E-state index contributed by atoms with van der Waals surface area (Å²) in [5.74, 6) is -0.939. The van der Waals surface area contributed by atoms with Gasteiger partial charge >= 0.3 is 0 Å². The van der Waals surface area contributed by atoms with E-state index in [1.54, 1.807) is 13.8 Å². The van der Waals surface area contributed by atoms with Crippen LogP contribution in [0.25, 0.3) is 0 Å². The molecule has 0 radical (unpaired) electrons. The van der Waals surface area contributed by atoms with Gasteiger partial charge in [0, 0.05) is 5.69 Å². The molecule has 1 aromatic carbocycles. The molecule has 0 heterocycles. The van der Waals surface area contributed by atoms with E-state index in [4.69, 9.17) is 23.2 Å². The van der Waals surface area contributed by atoms with Crippen molar-refractivity contribution in [1.82, 2.24) is 5.32 Å². The van der Waals surface area contributed by atoms with E-state index in [1.165, 1.54) is 12.1 Å². The molecular formula is C12H15Cl2FN2O. The minimum Gasteiger partial charge on any atom is -0.324 e. The van der Waals surface area contributed by atoms with Gasteiger partial charge in [0.05, 0.1) is 15.6 Å². The van der Waals surface area contributed by atoms with Crippen molar-refractivity contribution in [2.45, 2.75) is 26.3 Å². The van der Waals surface area contributed by atoms with Gasteiger partial charge in [-0.2, -0.15) is 0 Å². The second-order valence-corrected chi connectivity index (χ2v) is 5.18. The smallest absolute Gasteiger partial charge is 0.244 e. The fraction of sp³-hybridized carbons (Fsp3) is 0.417. The maximum atomic E-state index is 13.2. The Morgan fingerprint density at radius 2 is 1.83 bits per heavy atom. The lowest BCUT2D eigenvalue weighted by atomic mass is 10.0. The standard InChI is InChI=1S/C12H15Cl2FN2O/c1-4-16-12(2,3)11(18)17-7-5-8(13)10(15)9(14)6-7/h5-6,16H,4H2,1-3H3,(H,17,18).